The highest BCUT2D eigenvalue weighted by molar-refractivity contribution is 6.30. The smallest absolute Gasteiger partial charge is 0.311 e. The minimum absolute atomic E-state index is 0.0337. The Kier molecular flexibility index (Phi) is 5.74. The average Bonchev–Trinajstić information content (AvgIpc) is 2.88. The van der Waals surface area contributed by atoms with Crippen molar-refractivity contribution in [1.29, 1.82) is 0 Å². The average molecular weight is 414 g/mol. The lowest BCUT2D eigenvalue weighted by Crippen LogP contribution is -2.52. The Morgan fingerprint density at radius 2 is 1.72 bits per heavy atom. The Labute approximate surface area is 171 Å². The Balaban J connectivity index is 1.58. The molecular formula is C20H18ClN4O4+. The van der Waals surface area contributed by atoms with Gasteiger partial charge in [-0.05, 0) is 35.9 Å². The third-order valence-electron chi connectivity index (χ3n) is 4.33. The van der Waals surface area contributed by atoms with Crippen molar-refractivity contribution < 1.29 is 24.6 Å². The second-order valence-corrected chi connectivity index (χ2v) is 6.93. The van der Waals surface area contributed by atoms with Crippen LogP contribution in [0.1, 0.15) is 32.7 Å². The van der Waals surface area contributed by atoms with Gasteiger partial charge in [-0.25, -0.2) is 10.1 Å². The molecule has 0 aliphatic carbocycles. The standard InChI is InChI=1S/C20H17ClN4O4/c1-25-19(28)14-4-2-3-11(18(14)20(25)29)9-16(26)24-15(22)10-17(27)23-13-7-5-12(21)6-8-13/h2-8H,9-10H2,1H3,(H,23,27)(H2,22,24,26)/p+1. The van der Waals surface area contributed by atoms with Crippen LogP contribution in [0.25, 0.3) is 0 Å². The number of benzene rings is 2. The maximum Gasteiger partial charge on any atom is 0.311 e. The summed E-state index contributed by atoms with van der Waals surface area (Å²) in [7, 11) is 1.39. The van der Waals surface area contributed by atoms with Gasteiger partial charge in [-0.15, -0.1) is 0 Å². The monoisotopic (exact) mass is 413 g/mol. The lowest BCUT2D eigenvalue weighted by atomic mass is 10.00. The number of anilines is 1. The van der Waals surface area contributed by atoms with Crippen molar-refractivity contribution in [3.05, 3.63) is 64.2 Å². The van der Waals surface area contributed by atoms with Crippen LogP contribution in [-0.2, 0) is 16.0 Å². The quantitative estimate of drug-likeness (QED) is 0.373. The fourth-order valence-corrected chi connectivity index (χ4v) is 3.10. The molecule has 3 rings (SSSR count). The first kappa shape index (κ1) is 20.2. The van der Waals surface area contributed by atoms with Crippen LogP contribution in [0.2, 0.25) is 5.02 Å². The minimum atomic E-state index is -0.495. The third kappa shape index (κ3) is 4.49. The maximum atomic E-state index is 12.3. The van der Waals surface area contributed by atoms with E-state index in [1.54, 1.807) is 42.5 Å². The fourth-order valence-electron chi connectivity index (χ4n) is 2.97. The molecule has 0 bridgehead atoms. The molecule has 8 nitrogen and oxygen atoms in total. The van der Waals surface area contributed by atoms with Crippen LogP contribution in [0.15, 0.2) is 42.5 Å². The Hall–Kier alpha value is -3.52. The van der Waals surface area contributed by atoms with Gasteiger partial charge in [-0.3, -0.25) is 24.7 Å². The second kappa shape index (κ2) is 8.24. The number of carbonyl (C=O) groups excluding carboxylic acids is 4. The molecule has 0 radical (unpaired) electrons. The third-order valence-corrected chi connectivity index (χ3v) is 4.59. The predicted octanol–water partition coefficient (Wildman–Crippen LogP) is 0.411. The highest BCUT2D eigenvalue weighted by atomic mass is 35.5. The first-order chi connectivity index (χ1) is 13.8. The number of imide groups is 1. The Morgan fingerprint density at radius 1 is 1.03 bits per heavy atom. The van der Waals surface area contributed by atoms with Crippen LogP contribution in [0.3, 0.4) is 0 Å². The summed E-state index contributed by atoms with van der Waals surface area (Å²) in [4.78, 5) is 49.6. The highest BCUT2D eigenvalue weighted by Gasteiger charge is 2.35. The Bertz CT molecular complexity index is 1030. The number of carbonyl (C=O) groups is 4. The zero-order chi connectivity index (χ0) is 21.1. The number of nitrogens with one attached hydrogen (secondary N) is 2. The molecule has 4 amide bonds. The SMILES string of the molecule is CN1C(=O)c2cccc(CC(=O)NC(=[NH2+])CC(=O)Nc3ccc(Cl)cc3)c2C1=O. The molecule has 0 aromatic heterocycles. The highest BCUT2D eigenvalue weighted by Crippen LogP contribution is 2.25. The van der Waals surface area contributed by atoms with E-state index in [2.05, 4.69) is 10.6 Å². The topological polar surface area (TPSA) is 121 Å². The van der Waals surface area contributed by atoms with E-state index in [-0.39, 0.29) is 29.8 Å². The molecule has 0 unspecified atom stereocenters. The summed E-state index contributed by atoms with van der Waals surface area (Å²) in [6.45, 7) is 0. The van der Waals surface area contributed by atoms with E-state index in [0.717, 1.165) is 4.90 Å². The summed E-state index contributed by atoms with van der Waals surface area (Å²) in [5.41, 5.74) is 1.45. The van der Waals surface area contributed by atoms with Gasteiger partial charge in [0.2, 0.25) is 5.91 Å². The van der Waals surface area contributed by atoms with Gasteiger partial charge in [-0.2, -0.15) is 0 Å². The first-order valence-electron chi connectivity index (χ1n) is 8.67. The van der Waals surface area contributed by atoms with E-state index < -0.39 is 23.6 Å². The van der Waals surface area contributed by atoms with E-state index in [1.807, 2.05) is 0 Å². The van der Waals surface area contributed by atoms with Crippen molar-refractivity contribution in [2.45, 2.75) is 12.8 Å². The van der Waals surface area contributed by atoms with Crippen molar-refractivity contribution in [2.24, 2.45) is 0 Å². The van der Waals surface area contributed by atoms with Crippen LogP contribution in [0.5, 0.6) is 0 Å². The summed E-state index contributed by atoms with van der Waals surface area (Å²) in [5.74, 6) is -1.79. The van der Waals surface area contributed by atoms with Crippen LogP contribution in [0.4, 0.5) is 5.69 Å². The number of hydrogen-bond donors (Lipinski definition) is 3. The van der Waals surface area contributed by atoms with Crippen molar-refractivity contribution in [2.75, 3.05) is 12.4 Å². The molecule has 0 atom stereocenters. The molecular weight excluding hydrogens is 396 g/mol. The molecule has 0 spiro atoms. The Morgan fingerprint density at radius 3 is 2.41 bits per heavy atom. The van der Waals surface area contributed by atoms with Crippen molar-refractivity contribution in [1.82, 2.24) is 10.2 Å². The number of amides is 4. The summed E-state index contributed by atoms with van der Waals surface area (Å²) >= 11 is 5.79. The van der Waals surface area contributed by atoms with Crippen molar-refractivity contribution >= 4 is 46.8 Å². The van der Waals surface area contributed by atoms with Gasteiger partial charge in [-0.1, -0.05) is 23.7 Å². The van der Waals surface area contributed by atoms with Crippen LogP contribution in [0, 0.1) is 0 Å². The summed E-state index contributed by atoms with van der Waals surface area (Å²) in [5, 5.41) is 11.4. The number of fused-ring (bicyclic) bond motifs is 1. The lowest BCUT2D eigenvalue weighted by molar-refractivity contribution is -0.131. The molecule has 29 heavy (non-hydrogen) atoms. The van der Waals surface area contributed by atoms with E-state index >= 15 is 0 Å². The van der Waals surface area contributed by atoms with Gasteiger partial charge >= 0.3 is 5.91 Å². The number of rotatable bonds is 5. The summed E-state index contributed by atoms with van der Waals surface area (Å²) in [6.07, 6.45) is -0.378. The zero-order valence-electron chi connectivity index (χ0n) is 15.5. The lowest BCUT2D eigenvalue weighted by Gasteiger charge is -2.06. The molecule has 4 N–H and O–H groups in total. The molecule has 2 aromatic carbocycles. The van der Waals surface area contributed by atoms with E-state index in [4.69, 9.17) is 17.0 Å². The molecule has 9 heteroatoms. The predicted molar refractivity (Wildman–Crippen MR) is 106 cm³/mol. The van der Waals surface area contributed by atoms with Gasteiger partial charge in [0.25, 0.3) is 17.6 Å². The summed E-state index contributed by atoms with van der Waals surface area (Å²) < 4.78 is 0. The molecule has 2 aromatic rings. The number of amidine groups is 1. The molecule has 1 heterocycles. The van der Waals surface area contributed by atoms with Crippen LogP contribution < -0.4 is 16.0 Å². The van der Waals surface area contributed by atoms with Gasteiger partial charge in [0.05, 0.1) is 17.5 Å². The molecule has 0 saturated carbocycles. The van der Waals surface area contributed by atoms with Gasteiger partial charge in [0.1, 0.15) is 6.42 Å². The van der Waals surface area contributed by atoms with Gasteiger partial charge in [0.15, 0.2) is 0 Å². The minimum Gasteiger partial charge on any atom is -0.326 e. The number of halogens is 1. The fraction of sp³-hybridized carbons (Fsp3) is 0.150. The molecule has 0 saturated heterocycles. The molecule has 148 valence electrons. The molecule has 1 aliphatic heterocycles. The van der Waals surface area contributed by atoms with Crippen molar-refractivity contribution in [3.8, 4) is 0 Å². The normalized spacial score (nSPS) is 12.6. The number of nitrogens with two attached hydrogens (primary N) is 1. The first-order valence-corrected chi connectivity index (χ1v) is 9.05. The summed E-state index contributed by atoms with van der Waals surface area (Å²) in [6, 6.07) is 11.3. The van der Waals surface area contributed by atoms with E-state index in [9.17, 15) is 19.2 Å². The number of hydrogen-bond acceptors (Lipinski definition) is 4. The second-order valence-electron chi connectivity index (χ2n) is 6.49. The van der Waals surface area contributed by atoms with Crippen LogP contribution >= 0.6 is 11.6 Å². The van der Waals surface area contributed by atoms with Crippen LogP contribution in [-0.4, -0.2) is 41.4 Å². The van der Waals surface area contributed by atoms with Crippen molar-refractivity contribution in [3.63, 3.8) is 0 Å². The number of nitrogens with zero attached hydrogens (tertiary/aromatic N) is 1. The van der Waals surface area contributed by atoms with E-state index in [1.165, 1.54) is 7.05 Å². The molecule has 1 aliphatic rings. The van der Waals surface area contributed by atoms with Gasteiger partial charge < -0.3 is 5.32 Å². The molecule has 0 fully saturated rings. The largest absolute Gasteiger partial charge is 0.326 e. The van der Waals surface area contributed by atoms with E-state index in [0.29, 0.717) is 16.3 Å². The van der Waals surface area contributed by atoms with Gasteiger partial charge in [0, 0.05) is 17.8 Å². The zero-order valence-corrected chi connectivity index (χ0v) is 16.2. The maximum absolute atomic E-state index is 12.3.